The summed E-state index contributed by atoms with van der Waals surface area (Å²) in [7, 11) is 2.00. The summed E-state index contributed by atoms with van der Waals surface area (Å²) in [5.41, 5.74) is 6.07. The summed E-state index contributed by atoms with van der Waals surface area (Å²) in [5, 5.41) is 11.4. The summed E-state index contributed by atoms with van der Waals surface area (Å²) in [6, 6.07) is 3.66. The molecule has 0 radical (unpaired) electrons. The first-order valence-electron chi connectivity index (χ1n) is 5.34. The van der Waals surface area contributed by atoms with Crippen LogP contribution in [-0.4, -0.2) is 29.6 Å². The third-order valence-corrected chi connectivity index (χ3v) is 2.39. The molecule has 0 bridgehead atoms. The second kappa shape index (κ2) is 5.95. The number of rotatable bonds is 5. The van der Waals surface area contributed by atoms with E-state index in [9.17, 15) is 0 Å². The second-order valence-electron chi connectivity index (χ2n) is 3.67. The lowest BCUT2D eigenvalue weighted by Gasteiger charge is -2.17. The quantitative estimate of drug-likeness (QED) is 0.342. The monoisotopic (exact) mass is 222 g/mol. The standard InChI is InChI=1S/C11H18N4O/c1-3-4-7-15(2)10-6-5-9(8-13-10)11(12)14-16/h5-6,8,16H,3-4,7H2,1-2H3,(H2,12,14). The van der Waals surface area contributed by atoms with Crippen molar-refractivity contribution in [2.45, 2.75) is 19.8 Å². The number of hydrogen-bond donors (Lipinski definition) is 2. The van der Waals surface area contributed by atoms with E-state index in [1.54, 1.807) is 12.3 Å². The highest BCUT2D eigenvalue weighted by atomic mass is 16.4. The van der Waals surface area contributed by atoms with Crippen molar-refractivity contribution in [3.05, 3.63) is 23.9 Å². The number of anilines is 1. The van der Waals surface area contributed by atoms with E-state index in [1.807, 2.05) is 13.1 Å². The number of hydrogen-bond acceptors (Lipinski definition) is 4. The molecule has 1 aromatic heterocycles. The van der Waals surface area contributed by atoms with E-state index in [0.29, 0.717) is 5.56 Å². The van der Waals surface area contributed by atoms with Crippen LogP contribution in [0.4, 0.5) is 5.82 Å². The van der Waals surface area contributed by atoms with Gasteiger partial charge in [-0.15, -0.1) is 0 Å². The number of nitrogens with two attached hydrogens (primary N) is 1. The highest BCUT2D eigenvalue weighted by Gasteiger charge is 2.03. The molecule has 0 unspecified atom stereocenters. The summed E-state index contributed by atoms with van der Waals surface area (Å²) in [6.45, 7) is 3.13. The molecule has 1 rings (SSSR count). The molecule has 0 aliphatic carbocycles. The van der Waals surface area contributed by atoms with Gasteiger partial charge in [-0.05, 0) is 18.6 Å². The molecule has 5 nitrogen and oxygen atoms in total. The number of amidine groups is 1. The predicted octanol–water partition coefficient (Wildman–Crippen LogP) is 1.41. The Morgan fingerprint density at radius 1 is 1.56 bits per heavy atom. The maximum absolute atomic E-state index is 8.51. The Hall–Kier alpha value is -1.78. The summed E-state index contributed by atoms with van der Waals surface area (Å²) in [6.07, 6.45) is 3.90. The van der Waals surface area contributed by atoms with Crippen molar-refractivity contribution in [2.75, 3.05) is 18.5 Å². The summed E-state index contributed by atoms with van der Waals surface area (Å²) in [4.78, 5) is 6.34. The van der Waals surface area contributed by atoms with E-state index in [4.69, 9.17) is 10.9 Å². The molecule has 16 heavy (non-hydrogen) atoms. The SMILES string of the molecule is CCCCN(C)c1ccc(/C(N)=N/O)cn1. The van der Waals surface area contributed by atoms with Gasteiger partial charge >= 0.3 is 0 Å². The molecule has 0 aliphatic rings. The molecular weight excluding hydrogens is 204 g/mol. The van der Waals surface area contributed by atoms with Crippen molar-refractivity contribution in [3.63, 3.8) is 0 Å². The van der Waals surface area contributed by atoms with Gasteiger partial charge in [-0.2, -0.15) is 0 Å². The molecule has 0 saturated carbocycles. The maximum Gasteiger partial charge on any atom is 0.171 e. The van der Waals surface area contributed by atoms with Crippen LogP contribution >= 0.6 is 0 Å². The minimum Gasteiger partial charge on any atom is -0.409 e. The first-order chi connectivity index (χ1) is 7.69. The molecule has 88 valence electrons. The third-order valence-electron chi connectivity index (χ3n) is 2.39. The van der Waals surface area contributed by atoms with Crippen LogP contribution in [0, 0.1) is 0 Å². The van der Waals surface area contributed by atoms with E-state index >= 15 is 0 Å². The van der Waals surface area contributed by atoms with Gasteiger partial charge in [-0.25, -0.2) is 4.98 Å². The van der Waals surface area contributed by atoms with E-state index < -0.39 is 0 Å². The Morgan fingerprint density at radius 2 is 2.31 bits per heavy atom. The molecule has 0 saturated heterocycles. The van der Waals surface area contributed by atoms with Crippen molar-refractivity contribution >= 4 is 11.7 Å². The van der Waals surface area contributed by atoms with Gasteiger partial charge in [-0.1, -0.05) is 18.5 Å². The minimum atomic E-state index is 0.0789. The van der Waals surface area contributed by atoms with Gasteiger partial charge in [0.2, 0.25) is 0 Å². The van der Waals surface area contributed by atoms with Gasteiger partial charge in [0.25, 0.3) is 0 Å². The summed E-state index contributed by atoms with van der Waals surface area (Å²) in [5.74, 6) is 0.971. The van der Waals surface area contributed by atoms with E-state index in [0.717, 1.165) is 25.2 Å². The van der Waals surface area contributed by atoms with Crippen LogP contribution in [0.5, 0.6) is 0 Å². The number of pyridine rings is 1. The van der Waals surface area contributed by atoms with Crippen LogP contribution in [0.1, 0.15) is 25.3 Å². The molecule has 0 atom stereocenters. The van der Waals surface area contributed by atoms with E-state index in [-0.39, 0.29) is 5.84 Å². The highest BCUT2D eigenvalue weighted by Crippen LogP contribution is 2.10. The average molecular weight is 222 g/mol. The topological polar surface area (TPSA) is 74.7 Å². The Kier molecular flexibility index (Phi) is 4.57. The van der Waals surface area contributed by atoms with Gasteiger partial charge in [0, 0.05) is 25.4 Å². The Labute approximate surface area is 95.6 Å². The molecular formula is C11H18N4O. The first kappa shape index (κ1) is 12.3. The predicted molar refractivity (Wildman–Crippen MR) is 64.9 cm³/mol. The van der Waals surface area contributed by atoms with E-state index in [1.165, 1.54) is 0 Å². The first-order valence-corrected chi connectivity index (χ1v) is 5.34. The van der Waals surface area contributed by atoms with Crippen molar-refractivity contribution in [2.24, 2.45) is 10.9 Å². The van der Waals surface area contributed by atoms with Crippen LogP contribution in [-0.2, 0) is 0 Å². The molecule has 1 heterocycles. The van der Waals surface area contributed by atoms with Crippen LogP contribution in [0.3, 0.4) is 0 Å². The number of aromatic nitrogens is 1. The number of nitrogens with zero attached hydrogens (tertiary/aromatic N) is 3. The molecule has 0 aromatic carbocycles. The smallest absolute Gasteiger partial charge is 0.171 e. The van der Waals surface area contributed by atoms with Crippen molar-refractivity contribution < 1.29 is 5.21 Å². The lowest BCUT2D eigenvalue weighted by atomic mass is 10.2. The van der Waals surface area contributed by atoms with Crippen molar-refractivity contribution in [1.29, 1.82) is 0 Å². The zero-order valence-corrected chi connectivity index (χ0v) is 9.72. The average Bonchev–Trinajstić information content (AvgIpc) is 2.35. The van der Waals surface area contributed by atoms with Crippen LogP contribution in [0.15, 0.2) is 23.5 Å². The third kappa shape index (κ3) is 3.12. The minimum absolute atomic E-state index is 0.0789. The van der Waals surface area contributed by atoms with Gasteiger partial charge in [0.05, 0.1) is 0 Å². The Balaban J connectivity index is 2.71. The van der Waals surface area contributed by atoms with Crippen LogP contribution < -0.4 is 10.6 Å². The number of oxime groups is 1. The summed E-state index contributed by atoms with van der Waals surface area (Å²) >= 11 is 0. The fourth-order valence-electron chi connectivity index (χ4n) is 1.33. The van der Waals surface area contributed by atoms with Crippen molar-refractivity contribution in [1.82, 2.24) is 4.98 Å². The van der Waals surface area contributed by atoms with Crippen LogP contribution in [0.2, 0.25) is 0 Å². The molecule has 0 aliphatic heterocycles. The lowest BCUT2D eigenvalue weighted by Crippen LogP contribution is -2.20. The molecule has 0 fully saturated rings. The Morgan fingerprint density at radius 3 is 2.81 bits per heavy atom. The highest BCUT2D eigenvalue weighted by molar-refractivity contribution is 5.96. The molecule has 3 N–H and O–H groups in total. The van der Waals surface area contributed by atoms with Gasteiger partial charge in [-0.3, -0.25) is 0 Å². The largest absolute Gasteiger partial charge is 0.409 e. The van der Waals surface area contributed by atoms with Crippen LogP contribution in [0.25, 0.3) is 0 Å². The normalized spacial score (nSPS) is 11.5. The van der Waals surface area contributed by atoms with Gasteiger partial charge in [0.1, 0.15) is 5.82 Å². The maximum atomic E-state index is 8.51. The Bertz CT molecular complexity index is 348. The molecule has 0 spiro atoms. The van der Waals surface area contributed by atoms with E-state index in [2.05, 4.69) is 22.0 Å². The number of unbranched alkanes of at least 4 members (excludes halogenated alkanes) is 1. The zero-order valence-electron chi connectivity index (χ0n) is 9.72. The summed E-state index contributed by atoms with van der Waals surface area (Å²) < 4.78 is 0. The second-order valence-corrected chi connectivity index (χ2v) is 3.67. The van der Waals surface area contributed by atoms with Crippen molar-refractivity contribution in [3.8, 4) is 0 Å². The van der Waals surface area contributed by atoms with Gasteiger partial charge < -0.3 is 15.8 Å². The lowest BCUT2D eigenvalue weighted by molar-refractivity contribution is 0.318. The molecule has 0 amide bonds. The van der Waals surface area contributed by atoms with Gasteiger partial charge in [0.15, 0.2) is 5.84 Å². The molecule has 1 aromatic rings. The fraction of sp³-hybridized carbons (Fsp3) is 0.455. The zero-order chi connectivity index (χ0) is 12.0. The molecule has 5 heteroatoms. The fourth-order valence-corrected chi connectivity index (χ4v) is 1.33.